The lowest BCUT2D eigenvalue weighted by Crippen LogP contribution is -2.30. The van der Waals surface area contributed by atoms with E-state index < -0.39 is 0 Å². The molecule has 2 heterocycles. The van der Waals surface area contributed by atoms with Gasteiger partial charge in [-0.25, -0.2) is 0 Å². The van der Waals surface area contributed by atoms with Crippen molar-refractivity contribution in [2.45, 2.75) is 26.4 Å². The normalized spacial score (nSPS) is 20.1. The minimum atomic E-state index is 0.527. The molecule has 1 N–H and O–H groups in total. The van der Waals surface area contributed by atoms with Crippen LogP contribution in [-0.2, 0) is 6.54 Å². The first-order valence-corrected chi connectivity index (χ1v) is 6.47. The van der Waals surface area contributed by atoms with E-state index in [1.165, 1.54) is 26.6 Å². The van der Waals surface area contributed by atoms with E-state index in [-0.39, 0.29) is 0 Å². The molecule has 1 atom stereocenters. The van der Waals surface area contributed by atoms with Gasteiger partial charge >= 0.3 is 0 Å². The van der Waals surface area contributed by atoms with Crippen LogP contribution in [0.2, 0.25) is 0 Å². The van der Waals surface area contributed by atoms with Gasteiger partial charge in [-0.05, 0) is 41.4 Å². The summed E-state index contributed by atoms with van der Waals surface area (Å²) in [6.07, 6.45) is 0. The number of nitrogens with one attached hydrogen (secondary N) is 1. The van der Waals surface area contributed by atoms with Crippen molar-refractivity contribution in [1.29, 1.82) is 0 Å². The highest BCUT2D eigenvalue weighted by Gasteiger charge is 2.20. The molecule has 1 aliphatic rings. The molecule has 84 valence electrons. The SMILES string of the molecule is Cc1ccc2cc3n(c2c1Br)[C@H](C)CNC3. The van der Waals surface area contributed by atoms with E-state index in [1.54, 1.807) is 0 Å². The number of aromatic nitrogens is 1. The van der Waals surface area contributed by atoms with E-state index in [0.717, 1.165) is 13.1 Å². The van der Waals surface area contributed by atoms with Crippen molar-refractivity contribution in [2.75, 3.05) is 6.54 Å². The largest absolute Gasteiger partial charge is 0.338 e. The van der Waals surface area contributed by atoms with Gasteiger partial charge < -0.3 is 9.88 Å². The number of nitrogens with zero attached hydrogens (tertiary/aromatic N) is 1. The lowest BCUT2D eigenvalue weighted by Gasteiger charge is -2.25. The second kappa shape index (κ2) is 3.60. The van der Waals surface area contributed by atoms with E-state index in [9.17, 15) is 0 Å². The van der Waals surface area contributed by atoms with Crippen molar-refractivity contribution >= 4 is 26.8 Å². The Bertz CT molecular complexity index is 557. The van der Waals surface area contributed by atoms with Crippen molar-refractivity contribution in [3.8, 4) is 0 Å². The molecule has 0 unspecified atom stereocenters. The van der Waals surface area contributed by atoms with Crippen molar-refractivity contribution in [3.05, 3.63) is 33.9 Å². The second-order valence-electron chi connectivity index (χ2n) is 4.62. The maximum Gasteiger partial charge on any atom is 0.0633 e. The molecular weight excluding hydrogens is 264 g/mol. The molecule has 16 heavy (non-hydrogen) atoms. The molecule has 0 amide bonds. The van der Waals surface area contributed by atoms with Gasteiger partial charge in [-0.15, -0.1) is 0 Å². The molecule has 1 aromatic carbocycles. The Morgan fingerprint density at radius 3 is 3.06 bits per heavy atom. The third-order valence-electron chi connectivity index (χ3n) is 3.40. The van der Waals surface area contributed by atoms with E-state index in [4.69, 9.17) is 0 Å². The van der Waals surface area contributed by atoms with Gasteiger partial charge in [0, 0.05) is 34.7 Å². The minimum absolute atomic E-state index is 0.527. The summed E-state index contributed by atoms with van der Waals surface area (Å²) in [5, 5.41) is 4.79. The van der Waals surface area contributed by atoms with Gasteiger partial charge in [0.2, 0.25) is 0 Å². The zero-order valence-electron chi connectivity index (χ0n) is 9.55. The molecule has 0 aliphatic carbocycles. The molecule has 2 nitrogen and oxygen atoms in total. The Labute approximate surface area is 104 Å². The first-order valence-electron chi connectivity index (χ1n) is 5.68. The van der Waals surface area contributed by atoms with Gasteiger partial charge in [-0.2, -0.15) is 0 Å². The third kappa shape index (κ3) is 1.35. The Balaban J connectivity index is 2.40. The summed E-state index contributed by atoms with van der Waals surface area (Å²) in [6, 6.07) is 7.21. The summed E-state index contributed by atoms with van der Waals surface area (Å²) in [5.74, 6) is 0. The van der Waals surface area contributed by atoms with Gasteiger partial charge in [0.05, 0.1) is 5.52 Å². The van der Waals surface area contributed by atoms with Crippen LogP contribution < -0.4 is 5.32 Å². The number of hydrogen-bond donors (Lipinski definition) is 1. The van der Waals surface area contributed by atoms with E-state index >= 15 is 0 Å². The summed E-state index contributed by atoms with van der Waals surface area (Å²) in [5.41, 5.74) is 4.04. The minimum Gasteiger partial charge on any atom is -0.338 e. The molecule has 3 rings (SSSR count). The van der Waals surface area contributed by atoms with Crippen molar-refractivity contribution in [3.63, 3.8) is 0 Å². The zero-order chi connectivity index (χ0) is 11.3. The molecular formula is C13H15BrN2. The first kappa shape index (κ1) is 10.4. The van der Waals surface area contributed by atoms with E-state index in [2.05, 4.69) is 57.9 Å². The molecule has 1 aromatic heterocycles. The van der Waals surface area contributed by atoms with E-state index in [0.29, 0.717) is 6.04 Å². The predicted octanol–water partition coefficient (Wildman–Crippen LogP) is 3.38. The molecule has 2 aromatic rings. The summed E-state index contributed by atoms with van der Waals surface area (Å²) >= 11 is 3.73. The highest BCUT2D eigenvalue weighted by Crippen LogP contribution is 2.33. The van der Waals surface area contributed by atoms with Crippen LogP contribution in [0.15, 0.2) is 22.7 Å². The average molecular weight is 279 g/mol. The van der Waals surface area contributed by atoms with Gasteiger partial charge in [0.25, 0.3) is 0 Å². The summed E-state index contributed by atoms with van der Waals surface area (Å²) in [7, 11) is 0. The van der Waals surface area contributed by atoms with E-state index in [1.807, 2.05) is 0 Å². The Morgan fingerprint density at radius 2 is 2.25 bits per heavy atom. The Hall–Kier alpha value is -0.800. The van der Waals surface area contributed by atoms with Crippen molar-refractivity contribution < 1.29 is 0 Å². The van der Waals surface area contributed by atoms with Gasteiger partial charge in [0.1, 0.15) is 0 Å². The smallest absolute Gasteiger partial charge is 0.0633 e. The standard InChI is InChI=1S/C13H15BrN2/c1-8-3-4-10-5-11-7-15-6-9(2)16(11)13(10)12(8)14/h3-5,9,15H,6-7H2,1-2H3/t9-/m1/s1. The highest BCUT2D eigenvalue weighted by atomic mass is 79.9. The first-order chi connectivity index (χ1) is 7.68. The Morgan fingerprint density at radius 1 is 1.44 bits per heavy atom. The number of halogens is 1. The summed E-state index contributed by atoms with van der Waals surface area (Å²) < 4.78 is 3.70. The Kier molecular flexibility index (Phi) is 2.33. The summed E-state index contributed by atoms with van der Waals surface area (Å²) in [6.45, 7) is 6.45. The maximum atomic E-state index is 3.73. The molecule has 0 spiro atoms. The predicted molar refractivity (Wildman–Crippen MR) is 70.8 cm³/mol. The number of aryl methyl sites for hydroxylation is 1. The molecule has 0 saturated heterocycles. The fraction of sp³-hybridized carbons (Fsp3) is 0.385. The van der Waals surface area contributed by atoms with Crippen LogP contribution >= 0.6 is 15.9 Å². The number of rotatable bonds is 0. The lowest BCUT2D eigenvalue weighted by molar-refractivity contribution is 0.439. The molecule has 0 saturated carbocycles. The molecule has 0 fully saturated rings. The number of fused-ring (bicyclic) bond motifs is 3. The lowest BCUT2D eigenvalue weighted by atomic mass is 10.2. The highest BCUT2D eigenvalue weighted by molar-refractivity contribution is 9.10. The molecule has 3 heteroatoms. The molecule has 0 bridgehead atoms. The number of benzene rings is 1. The van der Waals surface area contributed by atoms with Gasteiger partial charge in [-0.1, -0.05) is 12.1 Å². The monoisotopic (exact) mass is 278 g/mol. The molecule has 1 aliphatic heterocycles. The zero-order valence-corrected chi connectivity index (χ0v) is 11.1. The average Bonchev–Trinajstić information content (AvgIpc) is 2.64. The summed E-state index contributed by atoms with van der Waals surface area (Å²) in [4.78, 5) is 0. The quantitative estimate of drug-likeness (QED) is 0.782. The van der Waals surface area contributed by atoms with Crippen LogP contribution in [0.1, 0.15) is 24.2 Å². The van der Waals surface area contributed by atoms with Crippen molar-refractivity contribution in [2.24, 2.45) is 0 Å². The maximum absolute atomic E-state index is 3.73. The van der Waals surface area contributed by atoms with Crippen LogP contribution in [0.4, 0.5) is 0 Å². The number of hydrogen-bond acceptors (Lipinski definition) is 1. The van der Waals surface area contributed by atoms with Crippen LogP contribution in [0, 0.1) is 6.92 Å². The van der Waals surface area contributed by atoms with Gasteiger partial charge in [-0.3, -0.25) is 0 Å². The van der Waals surface area contributed by atoms with Crippen LogP contribution in [-0.4, -0.2) is 11.1 Å². The van der Waals surface area contributed by atoms with Crippen LogP contribution in [0.25, 0.3) is 10.9 Å². The van der Waals surface area contributed by atoms with Gasteiger partial charge in [0.15, 0.2) is 0 Å². The second-order valence-corrected chi connectivity index (χ2v) is 5.41. The fourth-order valence-electron chi connectivity index (χ4n) is 2.57. The third-order valence-corrected chi connectivity index (χ3v) is 4.40. The fourth-order valence-corrected chi connectivity index (χ4v) is 3.13. The molecule has 0 radical (unpaired) electrons. The van der Waals surface area contributed by atoms with Crippen LogP contribution in [0.3, 0.4) is 0 Å². The topological polar surface area (TPSA) is 17.0 Å². The van der Waals surface area contributed by atoms with Crippen molar-refractivity contribution in [1.82, 2.24) is 9.88 Å². The van der Waals surface area contributed by atoms with Crippen LogP contribution in [0.5, 0.6) is 0 Å².